The molecule has 0 saturated heterocycles. The Morgan fingerprint density at radius 3 is 2.81 bits per heavy atom. The zero-order valence-electron chi connectivity index (χ0n) is 12.6. The minimum absolute atomic E-state index is 0.0199. The van der Waals surface area contributed by atoms with Crippen LogP contribution < -0.4 is 5.56 Å². The van der Waals surface area contributed by atoms with Crippen molar-refractivity contribution in [3.63, 3.8) is 0 Å². The molecule has 26 heavy (non-hydrogen) atoms. The molecule has 0 aliphatic carbocycles. The molecule has 3 heterocycles. The minimum atomic E-state index is -3.31. The van der Waals surface area contributed by atoms with E-state index in [0.717, 1.165) is 0 Å². The number of aromatic nitrogens is 3. The Morgan fingerprint density at radius 1 is 1.27 bits per heavy atom. The van der Waals surface area contributed by atoms with Crippen LogP contribution in [-0.2, 0) is 15.3 Å². The zero-order chi connectivity index (χ0) is 18.4. The monoisotopic (exact) mass is 373 g/mol. The Bertz CT molecular complexity index is 1250. The second-order valence-electron chi connectivity index (χ2n) is 5.15. The number of nitro groups is 1. The summed E-state index contributed by atoms with van der Waals surface area (Å²) in [6, 6.07) is 6.87. The fraction of sp³-hybridized carbons (Fsp3) is 0. The maximum absolute atomic E-state index is 12.8. The standard InChI is InChI=1S/C14H7N5O6S/c20-14-8-2-1-5-15-12(8)16-13-11(17-25-26(23)24)9-6-7(19(21)22)3-4-10(9)18(13)14/h1-6,26H. The van der Waals surface area contributed by atoms with E-state index < -0.39 is 21.5 Å². The van der Waals surface area contributed by atoms with Crippen molar-refractivity contribution in [1.82, 2.24) is 14.5 Å². The van der Waals surface area contributed by atoms with Gasteiger partial charge in [-0.3, -0.25) is 23.8 Å². The lowest BCUT2D eigenvalue weighted by molar-refractivity contribution is -0.384. The van der Waals surface area contributed by atoms with Gasteiger partial charge in [-0.1, -0.05) is 5.16 Å². The Morgan fingerprint density at radius 2 is 2.08 bits per heavy atom. The molecule has 11 nitrogen and oxygen atoms in total. The number of nitro benzene ring substituents is 1. The second kappa shape index (κ2) is 5.70. The summed E-state index contributed by atoms with van der Waals surface area (Å²) < 4.78 is 26.9. The first-order valence-corrected chi connectivity index (χ1v) is 8.14. The third-order valence-electron chi connectivity index (χ3n) is 3.74. The van der Waals surface area contributed by atoms with E-state index >= 15 is 0 Å². The van der Waals surface area contributed by atoms with Crippen molar-refractivity contribution in [2.45, 2.75) is 0 Å². The summed E-state index contributed by atoms with van der Waals surface area (Å²) >= 11 is 0. The Hall–Kier alpha value is -3.67. The average Bonchev–Trinajstić information content (AvgIpc) is 2.93. The number of nitrogens with zero attached hydrogens (tertiary/aromatic N) is 5. The highest BCUT2D eigenvalue weighted by molar-refractivity contribution is 7.67. The predicted molar refractivity (Wildman–Crippen MR) is 88.8 cm³/mol. The number of pyridine rings is 1. The molecule has 130 valence electrons. The van der Waals surface area contributed by atoms with Crippen molar-refractivity contribution in [2.24, 2.45) is 5.16 Å². The molecule has 0 unspecified atom stereocenters. The number of non-ortho nitro benzene ring substituents is 1. The molecule has 3 aromatic rings. The molecule has 0 radical (unpaired) electrons. The third-order valence-corrected chi connectivity index (χ3v) is 3.96. The quantitative estimate of drug-likeness (QED) is 0.306. The first-order valence-electron chi connectivity index (χ1n) is 7.04. The number of hydrogen-bond acceptors (Lipinski definition) is 9. The van der Waals surface area contributed by atoms with Crippen LogP contribution in [0.2, 0.25) is 0 Å². The van der Waals surface area contributed by atoms with Gasteiger partial charge in [-0.05, 0) is 18.2 Å². The molecule has 0 N–H and O–H groups in total. The van der Waals surface area contributed by atoms with Crippen LogP contribution >= 0.6 is 0 Å². The van der Waals surface area contributed by atoms with Crippen LogP contribution in [0.4, 0.5) is 5.69 Å². The lowest BCUT2D eigenvalue weighted by Gasteiger charge is -2.04. The lowest BCUT2D eigenvalue weighted by Crippen LogP contribution is -2.22. The van der Waals surface area contributed by atoms with Crippen molar-refractivity contribution in [3.8, 4) is 5.69 Å². The number of benzene rings is 1. The predicted octanol–water partition coefficient (Wildman–Crippen LogP) is 0.298. The molecular weight excluding hydrogens is 366 g/mol. The molecule has 1 aliphatic rings. The Labute approximate surface area is 145 Å². The van der Waals surface area contributed by atoms with Crippen molar-refractivity contribution >= 4 is 33.4 Å². The molecule has 0 spiro atoms. The lowest BCUT2D eigenvalue weighted by atomic mass is 10.1. The summed E-state index contributed by atoms with van der Waals surface area (Å²) in [5.74, 6) is -0.0199. The summed E-state index contributed by atoms with van der Waals surface area (Å²) in [7, 11) is -3.31. The number of hydrogen-bond donors (Lipinski definition) is 1. The van der Waals surface area contributed by atoms with Gasteiger partial charge in [-0.15, -0.1) is 0 Å². The van der Waals surface area contributed by atoms with Crippen LogP contribution in [-0.4, -0.2) is 33.6 Å². The number of fused-ring (bicyclic) bond motifs is 4. The highest BCUT2D eigenvalue weighted by Crippen LogP contribution is 2.30. The summed E-state index contributed by atoms with van der Waals surface area (Å²) in [5, 5.41) is 14.8. The molecule has 0 fully saturated rings. The van der Waals surface area contributed by atoms with E-state index in [1.165, 1.54) is 35.0 Å². The average molecular weight is 373 g/mol. The zero-order valence-corrected chi connectivity index (χ0v) is 13.5. The number of oxime groups is 1. The van der Waals surface area contributed by atoms with Gasteiger partial charge in [0.05, 0.1) is 16.0 Å². The first-order chi connectivity index (χ1) is 12.5. The van der Waals surface area contributed by atoms with E-state index in [2.05, 4.69) is 19.4 Å². The molecule has 0 amide bonds. The summed E-state index contributed by atoms with van der Waals surface area (Å²) in [6.45, 7) is 0. The van der Waals surface area contributed by atoms with Gasteiger partial charge < -0.3 is 0 Å². The van der Waals surface area contributed by atoms with Crippen LogP contribution in [0.25, 0.3) is 16.7 Å². The first kappa shape index (κ1) is 15.8. The maximum Gasteiger partial charge on any atom is 0.318 e. The van der Waals surface area contributed by atoms with Crippen molar-refractivity contribution in [1.29, 1.82) is 0 Å². The molecule has 1 aromatic carbocycles. The van der Waals surface area contributed by atoms with Gasteiger partial charge in [0, 0.05) is 23.9 Å². The molecular formula is C14H7N5O6S. The van der Waals surface area contributed by atoms with Gasteiger partial charge in [0.1, 0.15) is 0 Å². The SMILES string of the molecule is O=c1c2cccnc2nc2n1-c1ccc([N+](=O)[O-])cc1C2=NO[SH](=O)=O. The van der Waals surface area contributed by atoms with Crippen LogP contribution in [0.5, 0.6) is 0 Å². The van der Waals surface area contributed by atoms with Crippen LogP contribution in [0.3, 0.4) is 0 Å². The highest BCUT2D eigenvalue weighted by Gasteiger charge is 2.31. The third kappa shape index (κ3) is 2.31. The van der Waals surface area contributed by atoms with Gasteiger partial charge in [0.25, 0.3) is 11.2 Å². The Balaban J connectivity index is 2.10. The van der Waals surface area contributed by atoms with E-state index in [4.69, 9.17) is 0 Å². The highest BCUT2D eigenvalue weighted by atomic mass is 32.2. The van der Waals surface area contributed by atoms with Crippen LogP contribution in [0.1, 0.15) is 11.4 Å². The van der Waals surface area contributed by atoms with E-state index in [9.17, 15) is 23.3 Å². The smallest absolute Gasteiger partial charge is 0.270 e. The molecule has 0 saturated carbocycles. The van der Waals surface area contributed by atoms with Crippen molar-refractivity contribution in [3.05, 3.63) is 68.4 Å². The summed E-state index contributed by atoms with van der Waals surface area (Å²) in [6.07, 6.45) is 1.45. The van der Waals surface area contributed by atoms with E-state index in [1.54, 1.807) is 6.07 Å². The normalized spacial score (nSPS) is 13.8. The topological polar surface area (TPSA) is 147 Å². The van der Waals surface area contributed by atoms with E-state index in [0.29, 0.717) is 0 Å². The number of thiol groups is 1. The van der Waals surface area contributed by atoms with Crippen LogP contribution in [0.15, 0.2) is 46.5 Å². The van der Waals surface area contributed by atoms with Gasteiger partial charge >= 0.3 is 11.0 Å². The van der Waals surface area contributed by atoms with Gasteiger partial charge in [0.2, 0.25) is 0 Å². The summed E-state index contributed by atoms with van der Waals surface area (Å²) in [5.41, 5.74) is -0.289. The second-order valence-corrected chi connectivity index (χ2v) is 5.76. The summed E-state index contributed by atoms with van der Waals surface area (Å²) in [4.78, 5) is 31.5. The van der Waals surface area contributed by atoms with Crippen LogP contribution in [0, 0.1) is 10.1 Å². The van der Waals surface area contributed by atoms with E-state index in [1.807, 2.05) is 0 Å². The van der Waals surface area contributed by atoms with Gasteiger partial charge in [-0.25, -0.2) is 9.97 Å². The molecule has 0 atom stereocenters. The van der Waals surface area contributed by atoms with E-state index in [-0.39, 0.29) is 39.5 Å². The van der Waals surface area contributed by atoms with Gasteiger partial charge in [-0.2, -0.15) is 8.42 Å². The molecule has 4 rings (SSSR count). The van der Waals surface area contributed by atoms with Crippen molar-refractivity contribution in [2.75, 3.05) is 0 Å². The van der Waals surface area contributed by atoms with Gasteiger partial charge in [0.15, 0.2) is 17.2 Å². The minimum Gasteiger partial charge on any atom is -0.270 e. The number of rotatable bonds is 3. The molecule has 0 bridgehead atoms. The largest absolute Gasteiger partial charge is 0.318 e. The maximum atomic E-state index is 12.8. The fourth-order valence-corrected chi connectivity index (χ4v) is 2.86. The fourth-order valence-electron chi connectivity index (χ4n) is 2.71. The molecule has 1 aliphatic heterocycles. The van der Waals surface area contributed by atoms with Crippen molar-refractivity contribution < 1.29 is 17.6 Å². The molecule has 2 aromatic heterocycles. The Kier molecular flexibility index (Phi) is 3.47. The molecule has 12 heteroatoms.